The van der Waals surface area contributed by atoms with Crippen molar-refractivity contribution in [3.63, 3.8) is 0 Å². The summed E-state index contributed by atoms with van der Waals surface area (Å²) in [7, 11) is 0. The molecule has 0 aliphatic rings. The van der Waals surface area contributed by atoms with Crippen molar-refractivity contribution in [3.05, 3.63) is 23.8 Å². The van der Waals surface area contributed by atoms with Crippen molar-refractivity contribution >= 4 is 32.7 Å². The first-order chi connectivity index (χ1) is 10.2. The molecule has 0 bridgehead atoms. The standard InChI is InChI=1S/C16H22N2O2S/c1-2-3-4-5-6-7-10-20-15(19)12-8-9-13-14(11-12)21-16(17)18-13/h8-9,11H,2-7,10H2,1H3,(H2,17,18). The molecule has 2 aromatic rings. The molecule has 0 spiro atoms. The number of esters is 1. The van der Waals surface area contributed by atoms with Gasteiger partial charge in [0.05, 0.1) is 22.4 Å². The van der Waals surface area contributed by atoms with Gasteiger partial charge in [-0.25, -0.2) is 9.78 Å². The molecule has 5 heteroatoms. The number of anilines is 1. The highest BCUT2D eigenvalue weighted by atomic mass is 32.1. The maximum absolute atomic E-state index is 12.0. The molecular weight excluding hydrogens is 284 g/mol. The number of carbonyl (C=O) groups is 1. The number of nitrogens with two attached hydrogens (primary N) is 1. The van der Waals surface area contributed by atoms with Crippen molar-refractivity contribution in [1.29, 1.82) is 0 Å². The molecule has 0 aliphatic carbocycles. The number of ether oxygens (including phenoxy) is 1. The Morgan fingerprint density at radius 3 is 2.81 bits per heavy atom. The smallest absolute Gasteiger partial charge is 0.338 e. The molecule has 0 fully saturated rings. The summed E-state index contributed by atoms with van der Waals surface area (Å²) in [5, 5.41) is 0.516. The van der Waals surface area contributed by atoms with Gasteiger partial charge in [-0.1, -0.05) is 50.4 Å². The van der Waals surface area contributed by atoms with E-state index in [9.17, 15) is 4.79 Å². The van der Waals surface area contributed by atoms with Crippen LogP contribution < -0.4 is 5.73 Å². The Labute approximate surface area is 129 Å². The van der Waals surface area contributed by atoms with Gasteiger partial charge in [0.1, 0.15) is 0 Å². The van der Waals surface area contributed by atoms with Gasteiger partial charge in [0, 0.05) is 0 Å². The van der Waals surface area contributed by atoms with Crippen LogP contribution in [0.2, 0.25) is 0 Å². The van der Waals surface area contributed by atoms with Crippen LogP contribution in [0, 0.1) is 0 Å². The number of unbranched alkanes of at least 4 members (excludes halogenated alkanes) is 5. The number of hydrogen-bond acceptors (Lipinski definition) is 5. The van der Waals surface area contributed by atoms with Crippen molar-refractivity contribution < 1.29 is 9.53 Å². The predicted octanol–water partition coefficient (Wildman–Crippen LogP) is 4.40. The lowest BCUT2D eigenvalue weighted by atomic mass is 10.1. The molecule has 0 atom stereocenters. The zero-order valence-corrected chi connectivity index (χ0v) is 13.2. The number of fused-ring (bicyclic) bond motifs is 1. The Kier molecular flexibility index (Phi) is 5.99. The van der Waals surface area contributed by atoms with Gasteiger partial charge in [-0.2, -0.15) is 0 Å². The van der Waals surface area contributed by atoms with Crippen LogP contribution in [0.4, 0.5) is 5.13 Å². The van der Waals surface area contributed by atoms with Gasteiger partial charge in [-0.3, -0.25) is 0 Å². The number of nitrogens with zero attached hydrogens (tertiary/aromatic N) is 1. The molecule has 1 aromatic carbocycles. The van der Waals surface area contributed by atoms with Gasteiger partial charge in [0.2, 0.25) is 0 Å². The van der Waals surface area contributed by atoms with Crippen LogP contribution in [0.5, 0.6) is 0 Å². The fraction of sp³-hybridized carbons (Fsp3) is 0.500. The number of carbonyl (C=O) groups excluding carboxylic acids is 1. The minimum Gasteiger partial charge on any atom is -0.462 e. The minimum atomic E-state index is -0.266. The fourth-order valence-corrected chi connectivity index (χ4v) is 2.97. The summed E-state index contributed by atoms with van der Waals surface area (Å²) in [6, 6.07) is 5.35. The molecule has 0 unspecified atom stereocenters. The average Bonchev–Trinajstić information content (AvgIpc) is 2.85. The molecule has 2 rings (SSSR count). The van der Waals surface area contributed by atoms with E-state index in [2.05, 4.69) is 11.9 Å². The van der Waals surface area contributed by atoms with Gasteiger partial charge >= 0.3 is 5.97 Å². The monoisotopic (exact) mass is 306 g/mol. The van der Waals surface area contributed by atoms with Crippen molar-refractivity contribution in [2.75, 3.05) is 12.3 Å². The largest absolute Gasteiger partial charge is 0.462 e. The van der Waals surface area contributed by atoms with Crippen LogP contribution in [-0.2, 0) is 4.74 Å². The molecular formula is C16H22N2O2S. The average molecular weight is 306 g/mol. The van der Waals surface area contributed by atoms with Crippen LogP contribution >= 0.6 is 11.3 Å². The second-order valence-corrected chi connectivity index (χ2v) is 6.20. The Balaban J connectivity index is 1.76. The van der Waals surface area contributed by atoms with E-state index >= 15 is 0 Å². The molecule has 0 aliphatic heterocycles. The van der Waals surface area contributed by atoms with Gasteiger partial charge in [-0.15, -0.1) is 0 Å². The molecule has 21 heavy (non-hydrogen) atoms. The quantitative estimate of drug-likeness (QED) is 0.580. The maximum Gasteiger partial charge on any atom is 0.338 e. The van der Waals surface area contributed by atoms with Crippen molar-refractivity contribution in [1.82, 2.24) is 4.98 Å². The van der Waals surface area contributed by atoms with Gasteiger partial charge in [0.15, 0.2) is 5.13 Å². The van der Waals surface area contributed by atoms with E-state index in [0.29, 0.717) is 17.3 Å². The van der Waals surface area contributed by atoms with Gasteiger partial charge in [-0.05, 0) is 24.6 Å². The summed E-state index contributed by atoms with van der Waals surface area (Å²) >= 11 is 1.38. The highest BCUT2D eigenvalue weighted by Gasteiger charge is 2.09. The van der Waals surface area contributed by atoms with E-state index in [4.69, 9.17) is 10.5 Å². The third kappa shape index (κ3) is 4.70. The second kappa shape index (κ2) is 7.98. The predicted molar refractivity (Wildman–Crippen MR) is 87.7 cm³/mol. The van der Waals surface area contributed by atoms with Crippen LogP contribution in [0.3, 0.4) is 0 Å². The zero-order valence-electron chi connectivity index (χ0n) is 12.4. The first-order valence-electron chi connectivity index (χ1n) is 7.54. The summed E-state index contributed by atoms with van der Waals surface area (Å²) < 4.78 is 6.22. The number of nitrogen functional groups attached to an aromatic ring is 1. The second-order valence-electron chi connectivity index (χ2n) is 5.14. The number of aromatic nitrogens is 1. The van der Waals surface area contributed by atoms with Crippen molar-refractivity contribution in [2.45, 2.75) is 45.4 Å². The highest BCUT2D eigenvalue weighted by Crippen LogP contribution is 2.24. The molecule has 1 heterocycles. The number of benzene rings is 1. The molecule has 0 radical (unpaired) electrons. The van der Waals surface area contributed by atoms with Crippen LogP contribution in [-0.4, -0.2) is 17.6 Å². The van der Waals surface area contributed by atoms with Crippen LogP contribution in [0.25, 0.3) is 10.2 Å². The third-order valence-electron chi connectivity index (χ3n) is 3.37. The number of thiazole rings is 1. The minimum absolute atomic E-state index is 0.266. The fourth-order valence-electron chi connectivity index (χ4n) is 2.20. The van der Waals surface area contributed by atoms with E-state index in [1.807, 2.05) is 6.07 Å². The Morgan fingerprint density at radius 2 is 2.00 bits per heavy atom. The lowest BCUT2D eigenvalue weighted by molar-refractivity contribution is 0.0498. The van der Waals surface area contributed by atoms with E-state index in [1.54, 1.807) is 12.1 Å². The normalized spacial score (nSPS) is 10.9. The molecule has 0 saturated heterocycles. The topological polar surface area (TPSA) is 65.2 Å². The van der Waals surface area contributed by atoms with Crippen molar-refractivity contribution in [2.24, 2.45) is 0 Å². The Bertz CT molecular complexity index is 595. The maximum atomic E-state index is 12.0. The molecule has 1 aromatic heterocycles. The van der Waals surface area contributed by atoms with Crippen LogP contribution in [0.15, 0.2) is 18.2 Å². The van der Waals surface area contributed by atoms with Crippen molar-refractivity contribution in [3.8, 4) is 0 Å². The molecule has 0 saturated carbocycles. The summed E-state index contributed by atoms with van der Waals surface area (Å²) in [6.45, 7) is 2.70. The van der Waals surface area contributed by atoms with E-state index < -0.39 is 0 Å². The summed E-state index contributed by atoms with van der Waals surface area (Å²) in [6.07, 6.45) is 7.09. The zero-order chi connectivity index (χ0) is 15.1. The summed E-state index contributed by atoms with van der Waals surface area (Å²) in [5.74, 6) is -0.266. The first-order valence-corrected chi connectivity index (χ1v) is 8.35. The van der Waals surface area contributed by atoms with E-state index in [1.165, 1.54) is 37.0 Å². The van der Waals surface area contributed by atoms with Gasteiger partial charge in [0.25, 0.3) is 0 Å². The SMILES string of the molecule is CCCCCCCCOC(=O)c1ccc2nc(N)sc2c1. The highest BCUT2D eigenvalue weighted by molar-refractivity contribution is 7.22. The Morgan fingerprint density at radius 1 is 1.24 bits per heavy atom. The van der Waals surface area contributed by atoms with Gasteiger partial charge < -0.3 is 10.5 Å². The number of hydrogen-bond donors (Lipinski definition) is 1. The Hall–Kier alpha value is -1.62. The summed E-state index contributed by atoms with van der Waals surface area (Å²) in [5.41, 5.74) is 7.05. The first kappa shape index (κ1) is 15.8. The van der Waals surface area contributed by atoms with E-state index in [-0.39, 0.29) is 5.97 Å². The van der Waals surface area contributed by atoms with Crippen LogP contribution in [0.1, 0.15) is 55.8 Å². The lowest BCUT2D eigenvalue weighted by Crippen LogP contribution is -2.06. The molecule has 2 N–H and O–H groups in total. The molecule has 4 nitrogen and oxygen atoms in total. The third-order valence-corrected chi connectivity index (χ3v) is 4.22. The lowest BCUT2D eigenvalue weighted by Gasteiger charge is -2.05. The summed E-state index contributed by atoms with van der Waals surface area (Å²) in [4.78, 5) is 16.1. The number of rotatable bonds is 8. The molecule has 114 valence electrons. The molecule has 0 amide bonds. The van der Waals surface area contributed by atoms with E-state index in [0.717, 1.165) is 23.1 Å².